The predicted molar refractivity (Wildman–Crippen MR) is 118 cm³/mol. The smallest absolute Gasteiger partial charge is 0.268 e. The number of methoxy groups -OCH3 is 2. The van der Waals surface area contributed by atoms with Crippen molar-refractivity contribution in [3.05, 3.63) is 48.0 Å². The van der Waals surface area contributed by atoms with E-state index in [-0.39, 0.29) is 29.1 Å². The molecular weight excluding hydrogens is 404 g/mol. The van der Waals surface area contributed by atoms with Crippen molar-refractivity contribution in [1.82, 2.24) is 5.32 Å². The number of carbonyl (C=O) groups is 1. The van der Waals surface area contributed by atoms with Crippen LogP contribution >= 0.6 is 0 Å². The molecule has 30 heavy (non-hydrogen) atoms. The van der Waals surface area contributed by atoms with E-state index >= 15 is 0 Å². The summed E-state index contributed by atoms with van der Waals surface area (Å²) in [6, 6.07) is 11.4. The van der Waals surface area contributed by atoms with Crippen molar-refractivity contribution in [3.8, 4) is 11.5 Å². The fraction of sp³-hybridized carbons (Fsp3) is 0.409. The summed E-state index contributed by atoms with van der Waals surface area (Å²) in [5, 5.41) is 2.87. The lowest BCUT2D eigenvalue weighted by Gasteiger charge is -2.26. The van der Waals surface area contributed by atoms with Crippen molar-refractivity contribution in [2.75, 3.05) is 25.1 Å². The van der Waals surface area contributed by atoms with Gasteiger partial charge in [0.05, 0.1) is 19.9 Å². The van der Waals surface area contributed by atoms with E-state index in [1.807, 2.05) is 13.8 Å². The van der Waals surface area contributed by atoms with Gasteiger partial charge in [-0.3, -0.25) is 9.10 Å². The zero-order valence-electron chi connectivity index (χ0n) is 18.1. The van der Waals surface area contributed by atoms with E-state index in [9.17, 15) is 13.2 Å². The van der Waals surface area contributed by atoms with Crippen LogP contribution in [0.2, 0.25) is 0 Å². The molecule has 0 saturated heterocycles. The Balaban J connectivity index is 2.49. The quantitative estimate of drug-likeness (QED) is 0.619. The van der Waals surface area contributed by atoms with Gasteiger partial charge in [0.2, 0.25) is 5.91 Å². The molecule has 8 heteroatoms. The molecule has 0 aliphatic rings. The van der Waals surface area contributed by atoms with E-state index in [2.05, 4.69) is 5.32 Å². The molecule has 1 amide bonds. The lowest BCUT2D eigenvalue weighted by Crippen LogP contribution is -2.43. The van der Waals surface area contributed by atoms with Crippen LogP contribution in [0.3, 0.4) is 0 Å². The van der Waals surface area contributed by atoms with Gasteiger partial charge in [-0.1, -0.05) is 19.4 Å². The molecule has 0 aliphatic carbocycles. The highest BCUT2D eigenvalue weighted by Gasteiger charge is 2.30. The number of benzene rings is 2. The molecular formula is C22H30N2O5S. The van der Waals surface area contributed by atoms with Gasteiger partial charge in [0, 0.05) is 6.04 Å². The van der Waals surface area contributed by atoms with Crippen molar-refractivity contribution >= 4 is 21.6 Å². The number of aryl methyl sites for hydroxylation is 1. The van der Waals surface area contributed by atoms with Crippen LogP contribution in [-0.2, 0) is 14.8 Å². The Morgan fingerprint density at radius 1 is 1.10 bits per heavy atom. The van der Waals surface area contributed by atoms with Gasteiger partial charge in [-0.25, -0.2) is 8.42 Å². The summed E-state index contributed by atoms with van der Waals surface area (Å²) in [4.78, 5) is 12.7. The van der Waals surface area contributed by atoms with Crippen molar-refractivity contribution in [1.29, 1.82) is 0 Å². The lowest BCUT2D eigenvalue weighted by molar-refractivity contribution is -0.120. The number of nitrogens with one attached hydrogen (secondary N) is 1. The molecule has 0 radical (unpaired) electrons. The third kappa shape index (κ3) is 5.66. The maximum absolute atomic E-state index is 13.6. The zero-order valence-corrected chi connectivity index (χ0v) is 19.0. The number of hydrogen-bond donors (Lipinski definition) is 1. The van der Waals surface area contributed by atoms with Gasteiger partial charge in [0.25, 0.3) is 10.0 Å². The minimum atomic E-state index is -4.08. The second kappa shape index (κ2) is 10.3. The second-order valence-electron chi connectivity index (χ2n) is 7.12. The molecule has 0 aliphatic heterocycles. The minimum Gasteiger partial charge on any atom is -0.497 e. The number of hydrogen-bond acceptors (Lipinski definition) is 5. The maximum atomic E-state index is 13.6. The number of nitrogens with zero attached hydrogens (tertiary/aromatic N) is 1. The van der Waals surface area contributed by atoms with Crippen LogP contribution in [0, 0.1) is 6.92 Å². The fourth-order valence-electron chi connectivity index (χ4n) is 3.12. The third-order valence-electron chi connectivity index (χ3n) is 4.66. The van der Waals surface area contributed by atoms with E-state index in [1.54, 1.807) is 49.4 Å². The molecule has 2 rings (SSSR count). The molecule has 0 spiro atoms. The molecule has 0 aromatic heterocycles. The first kappa shape index (κ1) is 23.5. The monoisotopic (exact) mass is 434 g/mol. The van der Waals surface area contributed by atoms with Gasteiger partial charge < -0.3 is 14.8 Å². The number of ether oxygens (including phenoxy) is 2. The number of amides is 1. The SMILES string of the molecule is CCC[C@H](C)NC(=O)CN(c1ccc(OC)cc1)S(=O)(=O)c1cc(C)ccc1OC. The Bertz CT molecular complexity index is 958. The molecule has 0 fully saturated rings. The summed E-state index contributed by atoms with van der Waals surface area (Å²) in [6.07, 6.45) is 1.73. The van der Waals surface area contributed by atoms with Gasteiger partial charge in [0.15, 0.2) is 0 Å². The van der Waals surface area contributed by atoms with E-state index < -0.39 is 10.0 Å². The lowest BCUT2D eigenvalue weighted by atomic mass is 10.2. The Kier molecular flexibility index (Phi) is 8.11. The van der Waals surface area contributed by atoms with Crippen LogP contribution < -0.4 is 19.1 Å². The highest BCUT2D eigenvalue weighted by atomic mass is 32.2. The second-order valence-corrected chi connectivity index (χ2v) is 8.95. The van der Waals surface area contributed by atoms with E-state index in [0.29, 0.717) is 11.4 Å². The Labute approximate surface area is 179 Å². The molecule has 0 heterocycles. The topological polar surface area (TPSA) is 84.9 Å². The Morgan fingerprint density at radius 2 is 1.77 bits per heavy atom. The van der Waals surface area contributed by atoms with Crippen molar-refractivity contribution in [2.24, 2.45) is 0 Å². The molecule has 2 aromatic rings. The van der Waals surface area contributed by atoms with E-state index in [0.717, 1.165) is 22.7 Å². The maximum Gasteiger partial charge on any atom is 0.268 e. The Hall–Kier alpha value is -2.74. The molecule has 0 bridgehead atoms. The highest BCUT2D eigenvalue weighted by molar-refractivity contribution is 7.93. The molecule has 1 N–H and O–H groups in total. The number of carbonyl (C=O) groups excluding carboxylic acids is 1. The largest absolute Gasteiger partial charge is 0.497 e. The van der Waals surface area contributed by atoms with Gasteiger partial charge in [-0.2, -0.15) is 0 Å². The first-order valence-corrected chi connectivity index (χ1v) is 11.3. The van der Waals surface area contributed by atoms with E-state index in [4.69, 9.17) is 9.47 Å². The molecule has 0 saturated carbocycles. The van der Waals surface area contributed by atoms with Crippen LogP contribution in [0.15, 0.2) is 47.4 Å². The average molecular weight is 435 g/mol. The number of rotatable bonds is 10. The zero-order chi connectivity index (χ0) is 22.3. The highest BCUT2D eigenvalue weighted by Crippen LogP contribution is 2.31. The number of anilines is 1. The summed E-state index contributed by atoms with van der Waals surface area (Å²) in [6.45, 7) is 5.38. The van der Waals surface area contributed by atoms with Crippen molar-refractivity contribution < 1.29 is 22.7 Å². The van der Waals surface area contributed by atoms with Gasteiger partial charge >= 0.3 is 0 Å². The predicted octanol–water partition coefficient (Wildman–Crippen LogP) is 3.51. The Morgan fingerprint density at radius 3 is 2.33 bits per heavy atom. The summed E-state index contributed by atoms with van der Waals surface area (Å²) >= 11 is 0. The van der Waals surface area contributed by atoms with E-state index in [1.165, 1.54) is 14.2 Å². The molecule has 2 aromatic carbocycles. The summed E-state index contributed by atoms with van der Waals surface area (Å²) < 4.78 is 38.7. The van der Waals surface area contributed by atoms with Crippen LogP contribution in [0.4, 0.5) is 5.69 Å². The van der Waals surface area contributed by atoms with Crippen LogP contribution in [-0.4, -0.2) is 41.1 Å². The summed E-state index contributed by atoms with van der Waals surface area (Å²) in [7, 11) is -1.13. The normalized spacial score (nSPS) is 12.2. The minimum absolute atomic E-state index is 0.00947. The molecule has 0 unspecified atom stereocenters. The molecule has 164 valence electrons. The first-order valence-electron chi connectivity index (χ1n) is 9.83. The van der Waals surface area contributed by atoms with Crippen LogP contribution in [0.5, 0.6) is 11.5 Å². The summed E-state index contributed by atoms with van der Waals surface area (Å²) in [5.41, 5.74) is 1.13. The number of sulfonamides is 1. The third-order valence-corrected chi connectivity index (χ3v) is 6.46. The average Bonchev–Trinajstić information content (AvgIpc) is 2.72. The first-order chi connectivity index (χ1) is 14.2. The van der Waals surface area contributed by atoms with Crippen LogP contribution in [0.1, 0.15) is 32.3 Å². The van der Waals surface area contributed by atoms with Crippen molar-refractivity contribution in [2.45, 2.75) is 44.6 Å². The van der Waals surface area contributed by atoms with Crippen LogP contribution in [0.25, 0.3) is 0 Å². The van der Waals surface area contributed by atoms with Crippen molar-refractivity contribution in [3.63, 3.8) is 0 Å². The summed E-state index contributed by atoms with van der Waals surface area (Å²) in [5.74, 6) is 0.436. The molecule has 7 nitrogen and oxygen atoms in total. The van der Waals surface area contributed by atoms with Gasteiger partial charge in [0.1, 0.15) is 22.9 Å². The van der Waals surface area contributed by atoms with Gasteiger partial charge in [-0.15, -0.1) is 0 Å². The standard InChI is InChI=1S/C22H30N2O5S/c1-6-7-17(3)23-22(25)15-24(18-9-11-19(28-4)12-10-18)30(26,27)21-14-16(2)8-13-20(21)29-5/h8-14,17H,6-7,15H2,1-5H3,(H,23,25)/t17-/m0/s1. The van der Waals surface area contributed by atoms with Gasteiger partial charge in [-0.05, 0) is 62.2 Å². The molecule has 1 atom stereocenters. The fourth-order valence-corrected chi connectivity index (χ4v) is 4.79.